The molecular formula is C12H16F3NO3S. The second kappa shape index (κ2) is 6.11. The van der Waals surface area contributed by atoms with Crippen LogP contribution >= 0.6 is 0 Å². The van der Waals surface area contributed by atoms with Gasteiger partial charge in [-0.15, -0.1) is 0 Å². The minimum Gasteiger partial charge on any atom is -0.395 e. The molecule has 0 unspecified atom stereocenters. The lowest BCUT2D eigenvalue weighted by Crippen LogP contribution is -2.40. The van der Waals surface area contributed by atoms with Crippen LogP contribution in [0.3, 0.4) is 0 Å². The Morgan fingerprint density at radius 1 is 1.25 bits per heavy atom. The Kier molecular flexibility index (Phi) is 5.17. The van der Waals surface area contributed by atoms with Gasteiger partial charge in [-0.05, 0) is 31.0 Å². The number of aliphatic hydroxyl groups excluding tert-OH is 1. The zero-order chi connectivity index (χ0) is 15.6. The van der Waals surface area contributed by atoms with Gasteiger partial charge in [-0.2, -0.15) is 17.5 Å². The van der Waals surface area contributed by atoms with Crippen molar-refractivity contribution in [1.29, 1.82) is 0 Å². The Bertz CT molecular complexity index is 570. The minimum absolute atomic E-state index is 0.171. The summed E-state index contributed by atoms with van der Waals surface area (Å²) >= 11 is 0. The van der Waals surface area contributed by atoms with Crippen LogP contribution in [0.5, 0.6) is 0 Å². The molecular weight excluding hydrogens is 295 g/mol. The molecule has 0 saturated heterocycles. The van der Waals surface area contributed by atoms with Crippen LogP contribution in [0, 0.1) is 13.8 Å². The zero-order valence-electron chi connectivity index (χ0n) is 11.1. The topological polar surface area (TPSA) is 57.6 Å². The standard InChI is InChI=1S/C12H16F3NO3S/c1-9-3-4-10(2)11(7-9)20(18,19)16(5-6-17)8-12(13,14)15/h3-4,7,17H,5-6,8H2,1-2H3. The Hall–Kier alpha value is -1.12. The van der Waals surface area contributed by atoms with Crippen LogP contribution in [-0.2, 0) is 10.0 Å². The molecule has 8 heteroatoms. The van der Waals surface area contributed by atoms with Gasteiger partial charge in [0, 0.05) is 6.54 Å². The molecule has 0 aromatic heterocycles. The van der Waals surface area contributed by atoms with Crippen LogP contribution < -0.4 is 0 Å². The van der Waals surface area contributed by atoms with Gasteiger partial charge in [0.25, 0.3) is 0 Å². The number of hydrogen-bond donors (Lipinski definition) is 1. The second-order valence-electron chi connectivity index (χ2n) is 4.45. The van der Waals surface area contributed by atoms with Gasteiger partial charge in [0.05, 0.1) is 11.5 Å². The first-order valence-corrected chi connectivity index (χ1v) is 7.27. The van der Waals surface area contributed by atoms with Crippen LogP contribution in [0.15, 0.2) is 23.1 Å². The van der Waals surface area contributed by atoms with Crippen molar-refractivity contribution in [3.63, 3.8) is 0 Å². The predicted octanol–water partition coefficient (Wildman–Crippen LogP) is 1.85. The third-order valence-corrected chi connectivity index (χ3v) is 4.65. The molecule has 0 saturated carbocycles. The molecule has 0 radical (unpaired) electrons. The van der Waals surface area contributed by atoms with Crippen LogP contribution in [0.25, 0.3) is 0 Å². The fraction of sp³-hybridized carbons (Fsp3) is 0.500. The molecule has 1 aromatic rings. The molecule has 0 aliphatic heterocycles. The van der Waals surface area contributed by atoms with Crippen LogP contribution in [0.4, 0.5) is 13.2 Å². The Labute approximate surface area is 115 Å². The van der Waals surface area contributed by atoms with E-state index in [4.69, 9.17) is 5.11 Å². The normalized spacial score (nSPS) is 12.9. The molecule has 114 valence electrons. The summed E-state index contributed by atoms with van der Waals surface area (Å²) in [7, 11) is -4.30. The smallest absolute Gasteiger partial charge is 0.395 e. The molecule has 4 nitrogen and oxygen atoms in total. The zero-order valence-corrected chi connectivity index (χ0v) is 11.9. The lowest BCUT2D eigenvalue weighted by molar-refractivity contribution is -0.136. The molecule has 0 heterocycles. The van der Waals surface area contributed by atoms with Crippen molar-refractivity contribution in [2.24, 2.45) is 0 Å². The first kappa shape index (κ1) is 16.9. The molecule has 0 amide bonds. The van der Waals surface area contributed by atoms with E-state index in [1.165, 1.54) is 19.1 Å². The number of alkyl halides is 3. The number of hydrogen-bond acceptors (Lipinski definition) is 3. The molecule has 0 fully saturated rings. The van der Waals surface area contributed by atoms with Gasteiger partial charge in [0.1, 0.15) is 6.54 Å². The molecule has 20 heavy (non-hydrogen) atoms. The number of aliphatic hydroxyl groups is 1. The Morgan fingerprint density at radius 3 is 2.35 bits per heavy atom. The van der Waals surface area contributed by atoms with Crippen molar-refractivity contribution in [1.82, 2.24) is 4.31 Å². The molecule has 1 aromatic carbocycles. The van der Waals surface area contributed by atoms with Crippen molar-refractivity contribution < 1.29 is 26.7 Å². The average Bonchev–Trinajstić information content (AvgIpc) is 2.30. The summed E-state index contributed by atoms with van der Waals surface area (Å²) in [5, 5.41) is 8.79. The fourth-order valence-corrected chi connectivity index (χ4v) is 3.45. The fourth-order valence-electron chi connectivity index (χ4n) is 1.72. The van der Waals surface area contributed by atoms with Crippen LogP contribution in [0.1, 0.15) is 11.1 Å². The van der Waals surface area contributed by atoms with E-state index in [0.29, 0.717) is 11.1 Å². The van der Waals surface area contributed by atoms with E-state index in [-0.39, 0.29) is 9.20 Å². The molecule has 0 spiro atoms. The number of benzene rings is 1. The van der Waals surface area contributed by atoms with Gasteiger partial charge < -0.3 is 5.11 Å². The number of halogens is 3. The summed E-state index contributed by atoms with van der Waals surface area (Å²) in [6.45, 7) is 0.258. The van der Waals surface area contributed by atoms with Crippen molar-refractivity contribution >= 4 is 10.0 Å². The highest BCUT2D eigenvalue weighted by Gasteiger charge is 2.37. The predicted molar refractivity (Wildman–Crippen MR) is 67.8 cm³/mol. The van der Waals surface area contributed by atoms with E-state index in [9.17, 15) is 21.6 Å². The van der Waals surface area contributed by atoms with Crippen LogP contribution in [-0.4, -0.2) is 43.7 Å². The van der Waals surface area contributed by atoms with Gasteiger partial charge >= 0.3 is 6.18 Å². The van der Waals surface area contributed by atoms with E-state index in [0.717, 1.165) is 0 Å². The van der Waals surface area contributed by atoms with Gasteiger partial charge in [-0.3, -0.25) is 0 Å². The molecule has 0 bridgehead atoms. The first-order chi connectivity index (χ1) is 9.08. The van der Waals surface area contributed by atoms with Gasteiger partial charge in [0.15, 0.2) is 0 Å². The maximum atomic E-state index is 12.5. The number of rotatable bonds is 5. The van der Waals surface area contributed by atoms with E-state index in [1.54, 1.807) is 13.0 Å². The van der Waals surface area contributed by atoms with Gasteiger partial charge in [0.2, 0.25) is 10.0 Å². The van der Waals surface area contributed by atoms with E-state index < -0.39 is 35.9 Å². The largest absolute Gasteiger partial charge is 0.402 e. The van der Waals surface area contributed by atoms with E-state index in [2.05, 4.69) is 0 Å². The summed E-state index contributed by atoms with van der Waals surface area (Å²) in [6, 6.07) is 4.53. The maximum absolute atomic E-state index is 12.5. The summed E-state index contributed by atoms with van der Waals surface area (Å²) in [4.78, 5) is -0.171. The van der Waals surface area contributed by atoms with E-state index >= 15 is 0 Å². The highest BCUT2D eigenvalue weighted by Crippen LogP contribution is 2.25. The van der Waals surface area contributed by atoms with Gasteiger partial charge in [-0.1, -0.05) is 12.1 Å². The Balaban J connectivity index is 3.26. The second-order valence-corrected chi connectivity index (χ2v) is 6.35. The third kappa shape index (κ3) is 4.19. The summed E-state index contributed by atoms with van der Waals surface area (Å²) in [5.74, 6) is 0. The number of nitrogens with zero attached hydrogens (tertiary/aromatic N) is 1. The SMILES string of the molecule is Cc1ccc(C)c(S(=O)(=O)N(CCO)CC(F)(F)F)c1. The van der Waals surface area contributed by atoms with E-state index in [1.807, 2.05) is 0 Å². The quantitative estimate of drug-likeness (QED) is 0.903. The number of sulfonamides is 1. The molecule has 1 N–H and O–H groups in total. The number of aryl methyl sites for hydroxylation is 2. The minimum atomic E-state index is -4.67. The average molecular weight is 311 g/mol. The van der Waals surface area contributed by atoms with Crippen molar-refractivity contribution in [2.45, 2.75) is 24.9 Å². The Morgan fingerprint density at radius 2 is 1.85 bits per heavy atom. The maximum Gasteiger partial charge on any atom is 0.402 e. The summed E-state index contributed by atoms with van der Waals surface area (Å²) in [6.07, 6.45) is -4.67. The lowest BCUT2D eigenvalue weighted by Gasteiger charge is -2.23. The van der Waals surface area contributed by atoms with Crippen molar-refractivity contribution in [3.05, 3.63) is 29.3 Å². The monoisotopic (exact) mass is 311 g/mol. The highest BCUT2D eigenvalue weighted by atomic mass is 32.2. The van der Waals surface area contributed by atoms with Crippen LogP contribution in [0.2, 0.25) is 0 Å². The molecule has 0 aliphatic rings. The summed E-state index contributed by atoms with van der Waals surface area (Å²) in [5.41, 5.74) is 0.992. The third-order valence-electron chi connectivity index (χ3n) is 2.67. The van der Waals surface area contributed by atoms with Crippen molar-refractivity contribution in [3.8, 4) is 0 Å². The molecule has 0 atom stereocenters. The first-order valence-electron chi connectivity index (χ1n) is 5.83. The summed E-state index contributed by atoms with van der Waals surface area (Å²) < 4.78 is 62.2. The van der Waals surface area contributed by atoms with Crippen molar-refractivity contribution in [2.75, 3.05) is 19.7 Å². The molecule has 0 aliphatic carbocycles. The highest BCUT2D eigenvalue weighted by molar-refractivity contribution is 7.89. The molecule has 1 rings (SSSR count). The van der Waals surface area contributed by atoms with Gasteiger partial charge in [-0.25, -0.2) is 8.42 Å². The lowest BCUT2D eigenvalue weighted by atomic mass is 10.2.